The molecular formula is C150H252. The average molecular weight is 2060 g/mol. The molecular weight excluding hydrogens is 1800 g/mol. The zero-order valence-corrected chi connectivity index (χ0v) is 100.0. The summed E-state index contributed by atoms with van der Waals surface area (Å²) in [7, 11) is 0. The van der Waals surface area contributed by atoms with Crippen LogP contribution in [-0.2, 0) is 12.8 Å². The van der Waals surface area contributed by atoms with Crippen molar-refractivity contribution in [3.05, 3.63) is 144 Å². The van der Waals surface area contributed by atoms with Gasteiger partial charge in [-0.25, -0.2) is 0 Å². The molecule has 150 heavy (non-hydrogen) atoms. The van der Waals surface area contributed by atoms with Crippen LogP contribution in [0.2, 0.25) is 0 Å². The van der Waals surface area contributed by atoms with Crippen LogP contribution in [0, 0.1) is 124 Å². The zero-order valence-electron chi connectivity index (χ0n) is 100.0. The molecule has 36 rings (SSSR count). The summed E-state index contributed by atoms with van der Waals surface area (Å²) in [6, 6.07) is 8.80. The largest absolute Gasteiger partial charge is 0.0885 e. The maximum Gasteiger partial charge on any atom is -0.00169 e. The first kappa shape index (κ1) is 124. The van der Waals surface area contributed by atoms with E-state index < -0.39 is 0 Å². The van der Waals surface area contributed by atoms with Gasteiger partial charge in [0.05, 0.1) is 0 Å². The second kappa shape index (κ2) is 80.6. The standard InChI is InChI=1S/C10H18.C10H12.C9H16.C9H14.C8H14.C8H10.C8H14.C8H16.3C7H12.C7H14.C6H10.C6H12.C6H10.2C6H8.C5H8.C5H10.C5H8.C4H8.C3H6/c2*1-2-6-10-8-4-3-7-9(10)5-1;2*1-2-5-9-7-3-6-8(9)4-1;2*1-3-7-5-2-6-8(7)4-1;1-2-8-5-3-7(1)4-6-8;1-2-4-6-8-7-5-3-1;2*1-2-7-4-3-6(1)5-7;1-2-6-4-7(3-1)5-6;1-2-4-6-7-5-3-1;1-2-5-4-6(5)3-1;4*1-2-4-6-5-3-1;1-2-5-3-4(1)5;2*1-2-4-5-3-1;1-2-4-3-1;1-2-3-1/h9-10H,1-8H2;1-2,5-6H,3-4,7-8H2;8-9H,1-7H2;3,6,8-9H,1-2,4-5,7H2;7-8H,1-6H2;1,3-4,7H,2,5-6H2;7-8H,1-6H2;1-8H2;3*6-7H,1-5H2;1-7H2;5-6H,1-4H2;1-6H2;1-2H,3-6H2;1-2,5-6H,3-4H2;1-4H,5-6H2;4-5H,1-3H2;1-5H2;1-2H,3-5H2;1-4H2;1-3H2. The molecule has 0 spiro atoms. The number of aryl methyl sites for hydroxylation is 2. The van der Waals surface area contributed by atoms with Crippen LogP contribution in [0.15, 0.2) is 133 Å². The van der Waals surface area contributed by atoms with Gasteiger partial charge in [0, 0.05) is 0 Å². The third-order valence-electron chi connectivity index (χ3n) is 43.5. The van der Waals surface area contributed by atoms with Gasteiger partial charge in [-0.2, -0.15) is 0 Å². The Labute approximate surface area is 936 Å². The third kappa shape index (κ3) is 55.3. The summed E-state index contributed by atoms with van der Waals surface area (Å²) in [5.74, 6) is 24.1. The normalized spacial score (nSPS) is 34.4. The molecule has 1 aromatic rings. The zero-order chi connectivity index (χ0) is 103. The molecule has 0 radical (unpaired) electrons. The minimum absolute atomic E-state index is 0.856. The van der Waals surface area contributed by atoms with Crippen LogP contribution >= 0.6 is 0 Å². The van der Waals surface area contributed by atoms with E-state index >= 15 is 0 Å². The van der Waals surface area contributed by atoms with E-state index in [1.807, 2.05) is 0 Å². The topological polar surface area (TPSA) is 0 Å². The van der Waals surface area contributed by atoms with Crippen LogP contribution in [-0.4, -0.2) is 0 Å². The first-order valence-electron chi connectivity index (χ1n) is 70.6. The number of benzene rings is 1. The lowest BCUT2D eigenvalue weighted by Crippen LogP contribution is -2.28. The summed E-state index contributed by atoms with van der Waals surface area (Å²) < 4.78 is 0. The fraction of sp³-hybridized carbons (Fsp3) is 0.840. The SMILES string of the molecule is C1=CC2CCCC2=C1.C1=CC2CCCCC2C1.C1=CCC=CC1.C1=CCCC1.C1=CCCC=C1.C1=CCCCC1.C1CC1.C1CC2CC(C1)C2.C1CC2CC12.C1CC2CC2C1.C1CC2CCC1C2.C1CC2CCC1C2.C1CC2CCC1CC2.C1CC2CCCC2C1.C1CCC1.C1CCC2CCCC2C1.C1CCC2CCCCC2C1.C1CCCC1.C1CCCCC1.C1CCCCCC1.C1CCCCCCC1.c1ccc2c(c1)CCCC2. The highest BCUT2D eigenvalue weighted by molar-refractivity contribution is 5.30. The molecule has 28 fully saturated rings. The van der Waals surface area contributed by atoms with Gasteiger partial charge in [0.15, 0.2) is 0 Å². The molecule has 9 atom stereocenters. The van der Waals surface area contributed by atoms with Gasteiger partial charge in [-0.3, -0.25) is 0 Å². The molecule has 1 aromatic carbocycles. The highest BCUT2D eigenvalue weighted by atomic mass is 14.5. The molecule has 0 aromatic heterocycles. The summed E-state index contributed by atoms with van der Waals surface area (Å²) in [6.45, 7) is 0. The summed E-state index contributed by atoms with van der Waals surface area (Å²) in [5, 5.41) is 0. The maximum atomic E-state index is 2.43. The second-order valence-electron chi connectivity index (χ2n) is 55.7. The highest BCUT2D eigenvalue weighted by Gasteiger charge is 2.45. The van der Waals surface area contributed by atoms with Gasteiger partial charge in [0.1, 0.15) is 0 Å². The van der Waals surface area contributed by atoms with E-state index in [2.05, 4.69) is 128 Å². The third-order valence-corrected chi connectivity index (χ3v) is 43.5. The van der Waals surface area contributed by atoms with Crippen molar-refractivity contribution in [3.8, 4) is 0 Å². The van der Waals surface area contributed by atoms with E-state index in [4.69, 9.17) is 0 Å². The molecule has 0 nitrogen and oxygen atoms in total. The van der Waals surface area contributed by atoms with E-state index in [1.54, 1.807) is 261 Å². The number of hydrogen-bond donors (Lipinski definition) is 0. The van der Waals surface area contributed by atoms with Gasteiger partial charge in [0.25, 0.3) is 0 Å². The quantitative estimate of drug-likeness (QED) is 0.179. The Hall–Kier alpha value is -3.12. The van der Waals surface area contributed by atoms with E-state index in [9.17, 15) is 0 Å². The minimum atomic E-state index is 0.856. The van der Waals surface area contributed by atoms with Crippen LogP contribution in [0.5, 0.6) is 0 Å². The van der Waals surface area contributed by atoms with Crippen LogP contribution in [0.1, 0.15) is 672 Å². The second-order valence-corrected chi connectivity index (χ2v) is 55.7. The predicted molar refractivity (Wildman–Crippen MR) is 664 cm³/mol. The van der Waals surface area contributed by atoms with Gasteiger partial charge in [-0.1, -0.05) is 621 Å². The fourth-order valence-corrected chi connectivity index (χ4v) is 32.4. The van der Waals surface area contributed by atoms with Crippen molar-refractivity contribution in [2.75, 3.05) is 0 Å². The number of fused-ring (bicyclic) bond motifs is 17. The monoisotopic (exact) mass is 2050 g/mol. The van der Waals surface area contributed by atoms with Gasteiger partial charge in [0.2, 0.25) is 0 Å². The van der Waals surface area contributed by atoms with Crippen LogP contribution in [0.4, 0.5) is 0 Å². The van der Waals surface area contributed by atoms with Gasteiger partial charge in [-0.15, -0.1) is 0 Å². The van der Waals surface area contributed by atoms with Crippen molar-refractivity contribution in [3.63, 3.8) is 0 Å². The Kier molecular flexibility index (Phi) is 66.6. The van der Waals surface area contributed by atoms with Crippen LogP contribution < -0.4 is 0 Å². The van der Waals surface area contributed by atoms with E-state index in [0.717, 1.165) is 54.3 Å². The van der Waals surface area contributed by atoms with Crippen molar-refractivity contribution in [2.45, 2.75) is 674 Å². The van der Waals surface area contributed by atoms with Gasteiger partial charge < -0.3 is 0 Å². The smallest absolute Gasteiger partial charge is 0.00169 e. The number of allylic oxidation sites excluding steroid dienone is 18. The molecule has 0 aliphatic heterocycles. The van der Waals surface area contributed by atoms with Crippen molar-refractivity contribution >= 4 is 0 Å². The van der Waals surface area contributed by atoms with Gasteiger partial charge in [-0.05, 0) is 322 Å². The van der Waals surface area contributed by atoms with Crippen LogP contribution in [0.25, 0.3) is 0 Å². The first-order valence-corrected chi connectivity index (χ1v) is 70.6. The Balaban J connectivity index is 0.000000131. The predicted octanol–water partition coefficient (Wildman–Crippen LogP) is 49.4. The summed E-state index contributed by atoms with van der Waals surface area (Å²) >= 11 is 0. The van der Waals surface area contributed by atoms with Crippen molar-refractivity contribution in [2.24, 2.45) is 124 Å². The Morgan fingerprint density at radius 2 is 0.433 bits per heavy atom. The van der Waals surface area contributed by atoms with Crippen molar-refractivity contribution in [1.29, 1.82) is 0 Å². The van der Waals surface area contributed by atoms with Crippen LogP contribution in [0.3, 0.4) is 0 Å². The van der Waals surface area contributed by atoms with E-state index in [0.29, 0.717) is 0 Å². The molecule has 0 amide bonds. The molecule has 28 saturated carbocycles. The fourth-order valence-electron chi connectivity index (χ4n) is 32.4. The summed E-state index contributed by atoms with van der Waals surface area (Å²) in [4.78, 5) is 0. The molecule has 8 bridgehead atoms. The highest BCUT2D eigenvalue weighted by Crippen LogP contribution is 2.56. The molecule has 0 heterocycles. The molecule has 35 aliphatic carbocycles. The maximum absolute atomic E-state index is 2.43. The van der Waals surface area contributed by atoms with Crippen molar-refractivity contribution < 1.29 is 0 Å². The lowest BCUT2D eigenvalue weighted by atomic mass is 9.65. The van der Waals surface area contributed by atoms with E-state index in [-0.39, 0.29) is 0 Å². The molecule has 35 aliphatic rings. The van der Waals surface area contributed by atoms with Crippen molar-refractivity contribution in [1.82, 2.24) is 0 Å². The Bertz CT molecular complexity index is 3350. The first-order chi connectivity index (χ1) is 74.5. The lowest BCUT2D eigenvalue weighted by molar-refractivity contribution is 0.116. The average Bonchev–Trinajstić information content (AvgIpc) is 1.80. The molecule has 0 N–H and O–H groups in total. The van der Waals surface area contributed by atoms with Gasteiger partial charge >= 0.3 is 0 Å². The number of hydrogen-bond acceptors (Lipinski definition) is 0. The summed E-state index contributed by atoms with van der Waals surface area (Å²) in [6.07, 6.45) is 195. The Morgan fingerprint density at radius 1 is 0.153 bits per heavy atom. The minimum Gasteiger partial charge on any atom is -0.0885 e. The lowest BCUT2D eigenvalue weighted by Gasteiger charge is -2.40. The Morgan fingerprint density at radius 3 is 0.653 bits per heavy atom. The molecule has 0 heteroatoms. The number of rotatable bonds is 0. The molecule has 0 saturated heterocycles. The molecule has 852 valence electrons. The van der Waals surface area contributed by atoms with E-state index in [1.165, 1.54) is 500 Å². The summed E-state index contributed by atoms with van der Waals surface area (Å²) in [5.41, 5.74) is 4.83. The molecule has 9 unspecified atom stereocenters.